The van der Waals surface area contributed by atoms with E-state index in [1.54, 1.807) is 12.1 Å². The van der Waals surface area contributed by atoms with Gasteiger partial charge in [0, 0.05) is 37.6 Å². The van der Waals surface area contributed by atoms with Crippen molar-refractivity contribution < 1.29 is 18.9 Å². The first-order chi connectivity index (χ1) is 22.6. The molecule has 2 fully saturated rings. The van der Waals surface area contributed by atoms with Crippen molar-refractivity contribution in [2.45, 2.75) is 26.1 Å². The summed E-state index contributed by atoms with van der Waals surface area (Å²) < 4.78 is 21.8. The lowest BCUT2D eigenvalue weighted by molar-refractivity contribution is 0.122. The molecular weight excluding hydrogens is 576 g/mol. The summed E-state index contributed by atoms with van der Waals surface area (Å²) in [6.07, 6.45) is 8.34. The highest BCUT2D eigenvalue weighted by Gasteiger charge is 2.23. The molecule has 238 valence electrons. The summed E-state index contributed by atoms with van der Waals surface area (Å²) >= 11 is 0. The second-order valence-corrected chi connectivity index (χ2v) is 11.3. The maximum Gasteiger partial charge on any atom is 0.194 e. The van der Waals surface area contributed by atoms with Gasteiger partial charge in [-0.25, -0.2) is 4.85 Å². The summed E-state index contributed by atoms with van der Waals surface area (Å²) in [5.41, 5.74) is 6.78. The van der Waals surface area contributed by atoms with Gasteiger partial charge < -0.3 is 28.7 Å². The van der Waals surface area contributed by atoms with Crippen LogP contribution in [0.3, 0.4) is 0 Å². The van der Waals surface area contributed by atoms with Crippen LogP contribution in [0.25, 0.3) is 29.1 Å². The van der Waals surface area contributed by atoms with Crippen molar-refractivity contribution >= 4 is 41.4 Å². The van der Waals surface area contributed by atoms with Crippen molar-refractivity contribution in [3.63, 3.8) is 0 Å². The van der Waals surface area contributed by atoms with Gasteiger partial charge in [0.1, 0.15) is 12.2 Å². The lowest BCUT2D eigenvalue weighted by atomic mass is 10.0. The molecule has 0 N–H and O–H groups in total. The van der Waals surface area contributed by atoms with E-state index >= 15 is 0 Å². The standard InChI is InChI=1S/C38H42N4O4/c1-4-41(18-20-43-25-36-27-45-36)34-14-8-29(9-15-34)6-12-31-23-38(40-3)32(22-33(31)24-39)13-7-30-10-16-35(17-11-30)42(5-2)19-21-44-26-37-28-46-37/h6-17,22-23,36-37H,4-5,18-21,25-28H2,1-2H3/b12-6+,13-7+. The van der Waals surface area contributed by atoms with E-state index in [0.717, 1.165) is 73.0 Å². The van der Waals surface area contributed by atoms with Crippen molar-refractivity contribution in [2.24, 2.45) is 0 Å². The highest BCUT2D eigenvalue weighted by Crippen LogP contribution is 2.28. The van der Waals surface area contributed by atoms with Crippen LogP contribution in [0.15, 0.2) is 60.7 Å². The molecule has 3 aromatic rings. The molecule has 3 aromatic carbocycles. The van der Waals surface area contributed by atoms with Gasteiger partial charge in [-0.15, -0.1) is 0 Å². The van der Waals surface area contributed by atoms with Gasteiger partial charge in [-0.05, 0) is 72.5 Å². The van der Waals surface area contributed by atoms with E-state index in [4.69, 9.17) is 25.5 Å². The van der Waals surface area contributed by atoms with Crippen LogP contribution in [0.5, 0.6) is 0 Å². The Hall–Kier alpha value is -4.44. The van der Waals surface area contributed by atoms with Gasteiger partial charge in [0.2, 0.25) is 0 Å². The number of nitrogens with zero attached hydrogens (tertiary/aromatic N) is 4. The number of ether oxygens (including phenoxy) is 4. The normalized spacial score (nSPS) is 16.8. The quantitative estimate of drug-likeness (QED) is 0.0662. The lowest BCUT2D eigenvalue weighted by Gasteiger charge is -2.23. The fourth-order valence-electron chi connectivity index (χ4n) is 5.10. The van der Waals surface area contributed by atoms with Crippen LogP contribution in [-0.2, 0) is 18.9 Å². The fourth-order valence-corrected chi connectivity index (χ4v) is 5.10. The Morgan fingerprint density at radius 1 is 0.783 bits per heavy atom. The molecule has 2 unspecified atom stereocenters. The van der Waals surface area contributed by atoms with Gasteiger partial charge in [-0.3, -0.25) is 0 Å². The molecule has 46 heavy (non-hydrogen) atoms. The topological polar surface area (TPSA) is 78.2 Å². The van der Waals surface area contributed by atoms with Crippen LogP contribution >= 0.6 is 0 Å². The second kappa shape index (κ2) is 16.7. The maximum atomic E-state index is 9.92. The maximum absolute atomic E-state index is 9.92. The van der Waals surface area contributed by atoms with Crippen LogP contribution in [0.2, 0.25) is 0 Å². The Balaban J connectivity index is 1.20. The first-order valence-corrected chi connectivity index (χ1v) is 16.0. The van der Waals surface area contributed by atoms with Crippen molar-refractivity contribution in [1.82, 2.24) is 0 Å². The average Bonchev–Trinajstić information content (AvgIpc) is 4.04. The van der Waals surface area contributed by atoms with Crippen LogP contribution in [0.1, 0.15) is 41.7 Å². The highest BCUT2D eigenvalue weighted by molar-refractivity contribution is 5.83. The molecule has 0 aliphatic carbocycles. The largest absolute Gasteiger partial charge is 0.377 e. The van der Waals surface area contributed by atoms with Crippen molar-refractivity contribution in [1.29, 1.82) is 5.26 Å². The van der Waals surface area contributed by atoms with Gasteiger partial charge in [-0.2, -0.15) is 5.26 Å². The minimum absolute atomic E-state index is 0.283. The average molecular weight is 619 g/mol. The number of hydrogen-bond donors (Lipinski definition) is 0. The predicted molar refractivity (Wildman–Crippen MR) is 185 cm³/mol. The van der Waals surface area contributed by atoms with Gasteiger partial charge >= 0.3 is 0 Å². The molecule has 0 amide bonds. The minimum atomic E-state index is 0.283. The summed E-state index contributed by atoms with van der Waals surface area (Å²) in [5, 5.41) is 9.92. The first kappa shape index (κ1) is 32.9. The van der Waals surface area contributed by atoms with Crippen molar-refractivity contribution in [3.8, 4) is 6.07 Å². The summed E-state index contributed by atoms with van der Waals surface area (Å²) in [4.78, 5) is 8.32. The zero-order chi connectivity index (χ0) is 32.1. The van der Waals surface area contributed by atoms with E-state index in [9.17, 15) is 5.26 Å². The molecule has 0 radical (unpaired) electrons. The first-order valence-electron chi connectivity index (χ1n) is 16.0. The lowest BCUT2D eigenvalue weighted by Crippen LogP contribution is -2.27. The third-order valence-corrected chi connectivity index (χ3v) is 8.05. The molecule has 8 heteroatoms. The molecule has 5 rings (SSSR count). The number of hydrogen-bond acceptors (Lipinski definition) is 7. The number of rotatable bonds is 18. The predicted octanol–water partition coefficient (Wildman–Crippen LogP) is 6.93. The molecule has 2 heterocycles. The summed E-state index contributed by atoms with van der Waals surface area (Å²) in [6.45, 7) is 19.8. The molecule has 8 nitrogen and oxygen atoms in total. The number of nitriles is 1. The number of epoxide rings is 2. The summed E-state index contributed by atoms with van der Waals surface area (Å²) in [6, 6.07) is 22.6. The van der Waals surface area contributed by atoms with Crippen LogP contribution in [0, 0.1) is 17.9 Å². The zero-order valence-corrected chi connectivity index (χ0v) is 26.7. The monoisotopic (exact) mass is 618 g/mol. The Kier molecular flexibility index (Phi) is 12.0. The molecule has 0 bridgehead atoms. The van der Waals surface area contributed by atoms with E-state index in [1.807, 2.05) is 24.3 Å². The smallest absolute Gasteiger partial charge is 0.194 e. The van der Waals surface area contributed by atoms with E-state index in [2.05, 4.69) is 83.1 Å². The van der Waals surface area contributed by atoms with Gasteiger partial charge in [0.05, 0.1) is 57.8 Å². The van der Waals surface area contributed by atoms with Crippen molar-refractivity contribution in [3.05, 3.63) is 99.9 Å². The highest BCUT2D eigenvalue weighted by atomic mass is 16.6. The SMILES string of the molecule is [C-]#[N+]c1cc(/C=C/c2ccc(N(CC)CCOCC3CO3)cc2)c(C#N)cc1/C=C/c1ccc(N(CC)CCOCC2CO2)cc1. The second-order valence-electron chi connectivity index (χ2n) is 11.3. The molecule has 0 saturated carbocycles. The van der Waals surface area contributed by atoms with Gasteiger partial charge in [-0.1, -0.05) is 48.6 Å². The molecule has 0 aromatic heterocycles. The summed E-state index contributed by atoms with van der Waals surface area (Å²) in [5.74, 6) is 0. The Bertz CT molecular complexity index is 1440. The fraction of sp³-hybridized carbons (Fsp3) is 0.368. The third-order valence-electron chi connectivity index (χ3n) is 8.05. The molecule has 0 spiro atoms. The van der Waals surface area contributed by atoms with Crippen molar-refractivity contribution in [2.75, 3.05) is 75.6 Å². The molecule has 2 aliphatic heterocycles. The minimum Gasteiger partial charge on any atom is -0.377 e. The van der Waals surface area contributed by atoms with Crippen LogP contribution < -0.4 is 9.80 Å². The number of anilines is 2. The Labute approximate surface area is 272 Å². The van der Waals surface area contributed by atoms with E-state index < -0.39 is 0 Å². The molecule has 2 aliphatic rings. The van der Waals surface area contributed by atoms with E-state index in [-0.39, 0.29) is 12.2 Å². The van der Waals surface area contributed by atoms with E-state index in [1.165, 1.54) is 0 Å². The zero-order valence-electron chi connectivity index (χ0n) is 26.7. The third kappa shape index (κ3) is 9.78. The Morgan fingerprint density at radius 2 is 1.26 bits per heavy atom. The number of likely N-dealkylation sites (N-methyl/N-ethyl adjacent to an activating group) is 2. The van der Waals surface area contributed by atoms with Crippen LogP contribution in [0.4, 0.5) is 17.1 Å². The van der Waals surface area contributed by atoms with E-state index in [0.29, 0.717) is 37.7 Å². The van der Waals surface area contributed by atoms with Gasteiger partial charge in [0.15, 0.2) is 5.69 Å². The van der Waals surface area contributed by atoms with Crippen LogP contribution in [-0.4, -0.2) is 78.0 Å². The molecule has 2 atom stereocenters. The van der Waals surface area contributed by atoms with Gasteiger partial charge in [0.25, 0.3) is 0 Å². The molecular formula is C38H42N4O4. The summed E-state index contributed by atoms with van der Waals surface area (Å²) in [7, 11) is 0. The Morgan fingerprint density at radius 3 is 1.67 bits per heavy atom. The number of benzene rings is 3. The molecule has 2 saturated heterocycles.